The lowest BCUT2D eigenvalue weighted by molar-refractivity contribution is -0.140. The number of carboxylic acid groups (broad SMARTS) is 2. The van der Waals surface area contributed by atoms with Crippen LogP contribution in [0.1, 0.15) is 40.5 Å². The number of carbonyl (C=O) groups excluding carboxylic acids is 4. The molecule has 0 rings (SSSR count). The molecule has 0 radical (unpaired) electrons. The minimum atomic E-state index is -1.41. The summed E-state index contributed by atoms with van der Waals surface area (Å²) in [7, 11) is 0. The first-order valence-corrected chi connectivity index (χ1v) is 9.84. The predicted octanol–water partition coefficient (Wildman–Crippen LogP) is -0.290. The molecule has 0 aliphatic heterocycles. The minimum absolute atomic E-state index is 0.134. The van der Waals surface area contributed by atoms with Crippen LogP contribution in [0.5, 0.6) is 0 Å². The van der Waals surface area contributed by atoms with Crippen LogP contribution in [0.2, 0.25) is 0 Å². The van der Waals surface area contributed by atoms with E-state index in [4.69, 9.17) is 9.84 Å². The van der Waals surface area contributed by atoms with Crippen LogP contribution >= 0.6 is 11.8 Å². The summed E-state index contributed by atoms with van der Waals surface area (Å²) in [6, 6.07) is -2.61. The molecule has 170 valence electrons. The summed E-state index contributed by atoms with van der Waals surface area (Å²) in [5.41, 5.74) is -0.838. The molecule has 0 aromatic heterocycles. The maximum atomic E-state index is 12.1. The van der Waals surface area contributed by atoms with Gasteiger partial charge in [-0.15, -0.1) is 0 Å². The fourth-order valence-corrected chi connectivity index (χ4v) is 2.55. The van der Waals surface area contributed by atoms with Crippen molar-refractivity contribution < 1.29 is 43.7 Å². The Morgan fingerprint density at radius 2 is 1.60 bits per heavy atom. The van der Waals surface area contributed by atoms with Gasteiger partial charge in [0.05, 0.1) is 0 Å². The standard InChI is InChI=1S/C17H27N3O9S/c1-9(21)30-8-11(14(25)18-7-13(23)24)19-12(22)6-5-10(15(26)27)20-16(28)29-17(2,3)4/h10-11H,5-8H2,1-4H3,(H,18,25)(H,19,22)(H,20,28)(H,23,24)(H,26,27)/t10-,11-/m0/s1. The van der Waals surface area contributed by atoms with Gasteiger partial charge in [0.1, 0.15) is 24.2 Å². The topological polar surface area (TPSA) is 188 Å². The smallest absolute Gasteiger partial charge is 0.408 e. The number of amides is 3. The highest BCUT2D eigenvalue weighted by Gasteiger charge is 2.26. The van der Waals surface area contributed by atoms with E-state index in [1.807, 2.05) is 0 Å². The van der Waals surface area contributed by atoms with Crippen molar-refractivity contribution in [1.29, 1.82) is 0 Å². The van der Waals surface area contributed by atoms with E-state index < -0.39 is 54.1 Å². The number of carboxylic acids is 2. The molecule has 0 heterocycles. The van der Waals surface area contributed by atoms with Crippen LogP contribution in [0.25, 0.3) is 0 Å². The van der Waals surface area contributed by atoms with Crippen LogP contribution in [0.3, 0.4) is 0 Å². The number of nitrogens with one attached hydrogen (secondary N) is 3. The second-order valence-electron chi connectivity index (χ2n) is 7.11. The number of thioether (sulfide) groups is 1. The number of rotatable bonds is 11. The van der Waals surface area contributed by atoms with Gasteiger partial charge in [-0.2, -0.15) is 0 Å². The van der Waals surface area contributed by atoms with E-state index in [1.54, 1.807) is 20.8 Å². The fourth-order valence-electron chi connectivity index (χ4n) is 1.92. The summed E-state index contributed by atoms with van der Waals surface area (Å²) in [5, 5.41) is 24.1. The quantitative estimate of drug-likeness (QED) is 0.280. The van der Waals surface area contributed by atoms with E-state index in [1.165, 1.54) is 6.92 Å². The third kappa shape index (κ3) is 13.4. The molecule has 5 N–H and O–H groups in total. The number of carbonyl (C=O) groups is 6. The Kier molecular flexibility index (Phi) is 11.5. The van der Waals surface area contributed by atoms with Crippen molar-refractivity contribution in [2.75, 3.05) is 12.3 Å². The molecule has 0 unspecified atom stereocenters. The molecule has 3 amide bonds. The zero-order valence-corrected chi connectivity index (χ0v) is 18.0. The van der Waals surface area contributed by atoms with Gasteiger partial charge < -0.3 is 30.9 Å². The first-order chi connectivity index (χ1) is 13.7. The molecule has 0 aromatic rings. The molecule has 0 aliphatic rings. The first-order valence-electron chi connectivity index (χ1n) is 8.85. The van der Waals surface area contributed by atoms with Gasteiger partial charge in [-0.3, -0.25) is 19.2 Å². The van der Waals surface area contributed by atoms with Gasteiger partial charge in [0.25, 0.3) is 0 Å². The van der Waals surface area contributed by atoms with Gasteiger partial charge in [-0.25, -0.2) is 9.59 Å². The summed E-state index contributed by atoms with van der Waals surface area (Å²) in [6.45, 7) is 5.40. The molecule has 12 nitrogen and oxygen atoms in total. The minimum Gasteiger partial charge on any atom is -0.480 e. The average Bonchev–Trinajstić information content (AvgIpc) is 2.57. The van der Waals surface area contributed by atoms with Crippen molar-refractivity contribution >= 4 is 46.7 Å². The third-order valence-corrected chi connectivity index (χ3v) is 4.07. The van der Waals surface area contributed by atoms with Crippen molar-refractivity contribution in [3.8, 4) is 0 Å². The Morgan fingerprint density at radius 1 is 1.00 bits per heavy atom. The van der Waals surface area contributed by atoms with Gasteiger partial charge >= 0.3 is 18.0 Å². The number of aliphatic carboxylic acids is 2. The summed E-state index contributed by atoms with van der Waals surface area (Å²) >= 11 is 0.757. The maximum absolute atomic E-state index is 12.1. The molecular weight excluding hydrogens is 422 g/mol. The van der Waals surface area contributed by atoms with Crippen molar-refractivity contribution in [3.63, 3.8) is 0 Å². The molecule has 0 aromatic carbocycles. The van der Waals surface area contributed by atoms with E-state index in [9.17, 15) is 33.9 Å². The maximum Gasteiger partial charge on any atom is 0.408 e. The lowest BCUT2D eigenvalue weighted by atomic mass is 10.1. The average molecular weight is 449 g/mol. The molecule has 0 aliphatic carbocycles. The highest BCUT2D eigenvalue weighted by Crippen LogP contribution is 2.09. The highest BCUT2D eigenvalue weighted by molar-refractivity contribution is 8.13. The van der Waals surface area contributed by atoms with Crippen LogP contribution in [0.4, 0.5) is 4.79 Å². The molecule has 0 spiro atoms. The third-order valence-electron chi connectivity index (χ3n) is 3.17. The lowest BCUT2D eigenvalue weighted by Crippen LogP contribution is -2.50. The van der Waals surface area contributed by atoms with E-state index >= 15 is 0 Å². The second-order valence-corrected chi connectivity index (χ2v) is 8.31. The van der Waals surface area contributed by atoms with Crippen molar-refractivity contribution in [2.24, 2.45) is 0 Å². The fraction of sp³-hybridized carbons (Fsp3) is 0.647. The number of hydrogen-bond acceptors (Lipinski definition) is 8. The van der Waals surface area contributed by atoms with Crippen LogP contribution < -0.4 is 16.0 Å². The van der Waals surface area contributed by atoms with Gasteiger partial charge in [0.2, 0.25) is 11.8 Å². The summed E-state index contributed by atoms with van der Waals surface area (Å²) < 4.78 is 4.97. The molecule has 30 heavy (non-hydrogen) atoms. The van der Waals surface area contributed by atoms with Crippen LogP contribution in [0.15, 0.2) is 0 Å². The molecule has 0 saturated heterocycles. The number of ether oxygens (including phenoxy) is 1. The van der Waals surface area contributed by atoms with E-state index in [-0.39, 0.29) is 23.7 Å². The van der Waals surface area contributed by atoms with Gasteiger partial charge in [0.15, 0.2) is 5.12 Å². The van der Waals surface area contributed by atoms with Gasteiger partial charge in [-0.1, -0.05) is 11.8 Å². The normalized spacial score (nSPS) is 12.8. The monoisotopic (exact) mass is 449 g/mol. The Hall–Kier alpha value is -2.83. The summed E-state index contributed by atoms with van der Waals surface area (Å²) in [5.74, 6) is -4.32. The summed E-state index contributed by atoms with van der Waals surface area (Å²) in [4.78, 5) is 68.9. The van der Waals surface area contributed by atoms with Crippen LogP contribution in [-0.2, 0) is 28.7 Å². The molecular formula is C17H27N3O9S. The zero-order valence-electron chi connectivity index (χ0n) is 17.1. The number of alkyl carbamates (subject to hydrolysis) is 1. The van der Waals surface area contributed by atoms with Crippen molar-refractivity contribution in [1.82, 2.24) is 16.0 Å². The molecule has 0 bridgehead atoms. The van der Waals surface area contributed by atoms with Crippen molar-refractivity contribution in [2.45, 2.75) is 58.2 Å². The van der Waals surface area contributed by atoms with Gasteiger partial charge in [-0.05, 0) is 27.2 Å². The zero-order chi connectivity index (χ0) is 23.5. The number of hydrogen-bond donors (Lipinski definition) is 5. The molecule has 13 heteroatoms. The summed E-state index contributed by atoms with van der Waals surface area (Å²) in [6.07, 6.45) is -1.61. The van der Waals surface area contributed by atoms with Gasteiger partial charge in [0, 0.05) is 19.1 Å². The SMILES string of the molecule is CC(=O)SC[C@H](NC(=O)CC[C@H](NC(=O)OC(C)(C)C)C(=O)O)C(=O)NCC(=O)O. The van der Waals surface area contributed by atoms with Crippen LogP contribution in [-0.4, -0.2) is 75.2 Å². The molecule has 0 fully saturated rings. The second kappa shape index (κ2) is 12.7. The predicted molar refractivity (Wildman–Crippen MR) is 106 cm³/mol. The highest BCUT2D eigenvalue weighted by atomic mass is 32.2. The van der Waals surface area contributed by atoms with E-state index in [0.29, 0.717) is 0 Å². The lowest BCUT2D eigenvalue weighted by Gasteiger charge is -2.22. The Labute approximate surface area is 177 Å². The first kappa shape index (κ1) is 27.2. The van der Waals surface area contributed by atoms with E-state index in [0.717, 1.165) is 11.8 Å². The van der Waals surface area contributed by atoms with Crippen molar-refractivity contribution in [3.05, 3.63) is 0 Å². The van der Waals surface area contributed by atoms with Crippen LogP contribution in [0, 0.1) is 0 Å². The van der Waals surface area contributed by atoms with E-state index in [2.05, 4.69) is 16.0 Å². The molecule has 2 atom stereocenters. The molecule has 0 saturated carbocycles. The Bertz CT molecular complexity index is 676. The largest absolute Gasteiger partial charge is 0.480 e. The Morgan fingerprint density at radius 3 is 2.07 bits per heavy atom. The Balaban J connectivity index is 4.86.